The van der Waals surface area contributed by atoms with Crippen LogP contribution in [0.5, 0.6) is 5.75 Å². The molecule has 146 valence electrons. The number of hydrogen-bond acceptors (Lipinski definition) is 5. The van der Waals surface area contributed by atoms with Crippen LogP contribution in [0.2, 0.25) is 0 Å². The van der Waals surface area contributed by atoms with Crippen LogP contribution >= 0.6 is 11.3 Å². The highest BCUT2D eigenvalue weighted by molar-refractivity contribution is 7.22. The smallest absolute Gasteiger partial charge is 0.252 e. The standard InChI is InChI=1S/C22H25N3O2S/c1-24(2)14-7-15-25(21(26)13-10-17-8-5-4-6-9-17)22-23-19-16-18(27-3)11-12-20(19)28-22/h4-6,8-13,16H,7,14-15H2,1-3H3. The average molecular weight is 396 g/mol. The third-order valence-corrected chi connectivity index (χ3v) is 5.34. The van der Waals surface area contributed by atoms with Gasteiger partial charge in [-0.1, -0.05) is 41.7 Å². The van der Waals surface area contributed by atoms with Gasteiger partial charge in [0.2, 0.25) is 0 Å². The zero-order valence-electron chi connectivity index (χ0n) is 16.5. The minimum atomic E-state index is -0.0615. The van der Waals surface area contributed by atoms with Crippen molar-refractivity contribution >= 4 is 38.7 Å². The fourth-order valence-electron chi connectivity index (χ4n) is 2.80. The average Bonchev–Trinajstić information content (AvgIpc) is 3.12. The summed E-state index contributed by atoms with van der Waals surface area (Å²) in [6.45, 7) is 1.53. The van der Waals surface area contributed by atoms with E-state index < -0.39 is 0 Å². The Morgan fingerprint density at radius 3 is 2.64 bits per heavy atom. The van der Waals surface area contributed by atoms with Crippen molar-refractivity contribution in [3.8, 4) is 5.75 Å². The summed E-state index contributed by atoms with van der Waals surface area (Å²) < 4.78 is 6.32. The minimum absolute atomic E-state index is 0.0615. The number of ether oxygens (including phenoxy) is 1. The number of anilines is 1. The predicted octanol–water partition coefficient (Wildman–Crippen LogP) is 4.30. The van der Waals surface area contributed by atoms with Crippen LogP contribution in [0.4, 0.5) is 5.13 Å². The first-order valence-corrected chi connectivity index (χ1v) is 10.0. The number of carbonyl (C=O) groups excluding carboxylic acids is 1. The number of fused-ring (bicyclic) bond motifs is 1. The van der Waals surface area contributed by atoms with Crippen molar-refractivity contribution in [2.45, 2.75) is 6.42 Å². The lowest BCUT2D eigenvalue weighted by atomic mass is 10.2. The summed E-state index contributed by atoms with van der Waals surface area (Å²) in [5, 5.41) is 0.713. The summed E-state index contributed by atoms with van der Waals surface area (Å²) in [6.07, 6.45) is 4.34. The van der Waals surface area contributed by atoms with E-state index >= 15 is 0 Å². The second-order valence-electron chi connectivity index (χ2n) is 6.72. The van der Waals surface area contributed by atoms with Crippen molar-refractivity contribution in [3.05, 3.63) is 60.2 Å². The Hall–Kier alpha value is -2.70. The Morgan fingerprint density at radius 1 is 1.14 bits per heavy atom. The highest BCUT2D eigenvalue weighted by Crippen LogP contribution is 2.31. The molecule has 6 heteroatoms. The third-order valence-electron chi connectivity index (χ3n) is 4.29. The van der Waals surface area contributed by atoms with Gasteiger partial charge in [0.1, 0.15) is 5.75 Å². The quantitative estimate of drug-likeness (QED) is 0.534. The van der Waals surface area contributed by atoms with E-state index in [-0.39, 0.29) is 5.91 Å². The number of nitrogens with zero attached hydrogens (tertiary/aromatic N) is 3. The molecule has 0 fully saturated rings. The lowest BCUT2D eigenvalue weighted by molar-refractivity contribution is -0.114. The highest BCUT2D eigenvalue weighted by Gasteiger charge is 2.18. The molecule has 0 aliphatic heterocycles. The molecule has 0 radical (unpaired) electrons. The molecule has 3 rings (SSSR count). The Morgan fingerprint density at radius 2 is 1.93 bits per heavy atom. The Balaban J connectivity index is 1.85. The molecule has 1 heterocycles. The Bertz CT molecular complexity index is 951. The molecule has 3 aromatic rings. The summed E-state index contributed by atoms with van der Waals surface area (Å²) in [4.78, 5) is 21.5. The van der Waals surface area contributed by atoms with E-state index in [1.165, 1.54) is 11.3 Å². The van der Waals surface area contributed by atoms with Gasteiger partial charge in [-0.25, -0.2) is 4.98 Å². The molecule has 2 aromatic carbocycles. The highest BCUT2D eigenvalue weighted by atomic mass is 32.1. The van der Waals surface area contributed by atoms with E-state index in [1.807, 2.05) is 68.7 Å². The van der Waals surface area contributed by atoms with Crippen molar-refractivity contribution in [1.82, 2.24) is 9.88 Å². The van der Waals surface area contributed by atoms with Crippen molar-refractivity contribution in [1.29, 1.82) is 0 Å². The van der Waals surface area contributed by atoms with Gasteiger partial charge in [0.15, 0.2) is 5.13 Å². The molecule has 0 spiro atoms. The van der Waals surface area contributed by atoms with Gasteiger partial charge in [-0.05, 0) is 50.8 Å². The van der Waals surface area contributed by atoms with Gasteiger partial charge >= 0.3 is 0 Å². The minimum Gasteiger partial charge on any atom is -0.497 e. The number of rotatable bonds is 8. The van der Waals surface area contributed by atoms with E-state index in [0.717, 1.165) is 34.5 Å². The first-order chi connectivity index (χ1) is 13.6. The second kappa shape index (κ2) is 9.48. The normalized spacial score (nSPS) is 11.4. The number of amides is 1. The van der Waals surface area contributed by atoms with Crippen LogP contribution in [-0.2, 0) is 4.79 Å². The van der Waals surface area contributed by atoms with Gasteiger partial charge in [0.25, 0.3) is 5.91 Å². The summed E-state index contributed by atoms with van der Waals surface area (Å²) in [5.41, 5.74) is 1.84. The Labute approximate surface area is 169 Å². The summed E-state index contributed by atoms with van der Waals surface area (Å²) in [7, 11) is 5.71. The largest absolute Gasteiger partial charge is 0.497 e. The van der Waals surface area contributed by atoms with Crippen LogP contribution in [0.25, 0.3) is 16.3 Å². The molecule has 0 N–H and O–H groups in total. The van der Waals surface area contributed by atoms with Gasteiger partial charge in [0, 0.05) is 18.7 Å². The van der Waals surface area contributed by atoms with Gasteiger partial charge in [-0.15, -0.1) is 0 Å². The lowest BCUT2D eigenvalue weighted by Gasteiger charge is -2.19. The molecule has 28 heavy (non-hydrogen) atoms. The number of benzene rings is 2. The maximum absolute atomic E-state index is 13.0. The molecule has 1 aromatic heterocycles. The van der Waals surface area contributed by atoms with Crippen LogP contribution in [-0.4, -0.2) is 50.1 Å². The van der Waals surface area contributed by atoms with Crippen LogP contribution in [0.1, 0.15) is 12.0 Å². The van der Waals surface area contributed by atoms with E-state index in [2.05, 4.69) is 4.90 Å². The van der Waals surface area contributed by atoms with Crippen molar-refractivity contribution < 1.29 is 9.53 Å². The third kappa shape index (κ3) is 5.18. The van der Waals surface area contributed by atoms with E-state index in [9.17, 15) is 4.79 Å². The van der Waals surface area contributed by atoms with Crippen LogP contribution in [0.3, 0.4) is 0 Å². The SMILES string of the molecule is COc1ccc2sc(N(CCCN(C)C)C(=O)C=Cc3ccccc3)nc2c1. The fraction of sp³-hybridized carbons (Fsp3) is 0.273. The van der Waals surface area contributed by atoms with E-state index in [0.29, 0.717) is 11.7 Å². The van der Waals surface area contributed by atoms with Gasteiger partial charge in [0.05, 0.1) is 17.3 Å². The number of thiazole rings is 1. The van der Waals surface area contributed by atoms with Gasteiger partial charge < -0.3 is 9.64 Å². The summed E-state index contributed by atoms with van der Waals surface area (Å²) in [5.74, 6) is 0.701. The fourth-order valence-corrected chi connectivity index (χ4v) is 3.78. The molecule has 1 amide bonds. The molecular formula is C22H25N3O2S. The molecule has 0 saturated heterocycles. The number of methoxy groups -OCH3 is 1. The molecule has 0 bridgehead atoms. The first kappa shape index (κ1) is 20.0. The summed E-state index contributed by atoms with van der Waals surface area (Å²) >= 11 is 1.52. The van der Waals surface area contributed by atoms with Crippen molar-refractivity contribution in [2.75, 3.05) is 39.2 Å². The van der Waals surface area contributed by atoms with E-state index in [4.69, 9.17) is 9.72 Å². The molecule has 0 aliphatic rings. The summed E-state index contributed by atoms with van der Waals surface area (Å²) in [6, 6.07) is 15.6. The number of hydrogen-bond donors (Lipinski definition) is 0. The van der Waals surface area contributed by atoms with Crippen molar-refractivity contribution in [2.24, 2.45) is 0 Å². The van der Waals surface area contributed by atoms with Crippen LogP contribution in [0.15, 0.2) is 54.6 Å². The molecule has 0 saturated carbocycles. The first-order valence-electron chi connectivity index (χ1n) is 9.21. The molecular weight excluding hydrogens is 370 g/mol. The van der Waals surface area contributed by atoms with Gasteiger partial charge in [-0.2, -0.15) is 0 Å². The predicted molar refractivity (Wildman–Crippen MR) is 117 cm³/mol. The number of aromatic nitrogens is 1. The second-order valence-corrected chi connectivity index (χ2v) is 7.73. The molecule has 0 unspecified atom stereocenters. The van der Waals surface area contributed by atoms with Crippen molar-refractivity contribution in [3.63, 3.8) is 0 Å². The molecule has 0 atom stereocenters. The zero-order valence-corrected chi connectivity index (χ0v) is 17.3. The monoisotopic (exact) mass is 395 g/mol. The van der Waals surface area contributed by atoms with E-state index in [1.54, 1.807) is 18.1 Å². The zero-order chi connectivity index (χ0) is 19.9. The lowest BCUT2D eigenvalue weighted by Crippen LogP contribution is -2.32. The topological polar surface area (TPSA) is 45.7 Å². The van der Waals surface area contributed by atoms with Crippen LogP contribution < -0.4 is 9.64 Å². The van der Waals surface area contributed by atoms with Gasteiger partial charge in [-0.3, -0.25) is 9.69 Å². The molecule has 5 nitrogen and oxygen atoms in total. The van der Waals surface area contributed by atoms with Crippen LogP contribution in [0, 0.1) is 0 Å². The maximum atomic E-state index is 13.0. The Kier molecular flexibility index (Phi) is 6.79. The maximum Gasteiger partial charge on any atom is 0.252 e. The molecule has 0 aliphatic carbocycles. The number of carbonyl (C=O) groups is 1.